The number of carbonyl (C=O) groups is 1. The second-order valence-electron chi connectivity index (χ2n) is 12.1. The van der Waals surface area contributed by atoms with E-state index in [2.05, 4.69) is 15.2 Å². The summed E-state index contributed by atoms with van der Waals surface area (Å²) in [4.78, 5) is 33.6. The number of para-hydroxylation sites is 1. The lowest BCUT2D eigenvalue weighted by Gasteiger charge is -2.16. The van der Waals surface area contributed by atoms with Crippen molar-refractivity contribution in [2.75, 3.05) is 38.7 Å². The van der Waals surface area contributed by atoms with Gasteiger partial charge in [-0.3, -0.25) is 14.6 Å². The van der Waals surface area contributed by atoms with Crippen molar-refractivity contribution < 1.29 is 32.2 Å². The van der Waals surface area contributed by atoms with E-state index in [9.17, 15) is 18.4 Å². The van der Waals surface area contributed by atoms with Gasteiger partial charge in [0.25, 0.3) is 5.91 Å². The highest BCUT2D eigenvalue weighted by atomic mass is 19.1. The predicted molar refractivity (Wildman–Crippen MR) is 188 cm³/mol. The van der Waals surface area contributed by atoms with Gasteiger partial charge in [0.2, 0.25) is 5.43 Å². The van der Waals surface area contributed by atoms with Crippen molar-refractivity contribution in [3.05, 3.63) is 124 Å². The van der Waals surface area contributed by atoms with E-state index in [1.807, 2.05) is 0 Å². The minimum Gasteiger partial charge on any atom is -0.493 e. The molecule has 0 spiro atoms. The van der Waals surface area contributed by atoms with Gasteiger partial charge in [0.05, 0.1) is 30.4 Å². The summed E-state index contributed by atoms with van der Waals surface area (Å²) in [7, 11) is 1.54. The largest absolute Gasteiger partial charge is 0.493 e. The molecule has 0 radical (unpaired) electrons. The Balaban J connectivity index is 1.11. The smallest absolute Gasteiger partial charge is 0.261 e. The average Bonchev–Trinajstić information content (AvgIpc) is 3.65. The molecule has 0 unspecified atom stereocenters. The summed E-state index contributed by atoms with van der Waals surface area (Å²) < 4.78 is 63.3. The number of halogens is 3. The molecule has 51 heavy (non-hydrogen) atoms. The Hall–Kier alpha value is -5.88. The van der Waals surface area contributed by atoms with E-state index in [4.69, 9.17) is 14.2 Å². The SMILES string of the molecule is COc1cc2c(Oc3ccc(NC(=O)c4cn(-c5ccccc5F)c5cc(F)ccc5c4=O)cc3F)ccnc2cc1OCCCN1CCCC1. The molecule has 1 saturated heterocycles. The maximum absolute atomic E-state index is 15.5. The number of hydrogen-bond donors (Lipinski definition) is 1. The summed E-state index contributed by atoms with van der Waals surface area (Å²) in [5.41, 5.74) is -0.379. The number of benzene rings is 4. The molecule has 0 saturated carbocycles. The Kier molecular flexibility index (Phi) is 9.58. The van der Waals surface area contributed by atoms with Gasteiger partial charge in [-0.25, -0.2) is 13.2 Å². The first-order chi connectivity index (χ1) is 24.8. The van der Waals surface area contributed by atoms with Crippen LogP contribution in [0.5, 0.6) is 23.0 Å². The third-order valence-electron chi connectivity index (χ3n) is 8.79. The van der Waals surface area contributed by atoms with Crippen molar-refractivity contribution in [1.29, 1.82) is 0 Å². The Morgan fingerprint density at radius 3 is 2.47 bits per heavy atom. The molecule has 12 heteroatoms. The Morgan fingerprint density at radius 2 is 1.69 bits per heavy atom. The zero-order valence-electron chi connectivity index (χ0n) is 27.6. The van der Waals surface area contributed by atoms with Crippen molar-refractivity contribution in [3.8, 4) is 28.7 Å². The molecule has 1 amide bonds. The second-order valence-corrected chi connectivity index (χ2v) is 12.1. The highest BCUT2D eigenvalue weighted by Crippen LogP contribution is 2.38. The van der Waals surface area contributed by atoms with E-state index < -0.39 is 28.8 Å². The van der Waals surface area contributed by atoms with E-state index in [1.165, 1.54) is 60.9 Å². The Morgan fingerprint density at radius 1 is 0.863 bits per heavy atom. The first-order valence-electron chi connectivity index (χ1n) is 16.5. The molecule has 2 aromatic heterocycles. The third kappa shape index (κ3) is 7.08. The van der Waals surface area contributed by atoms with Gasteiger partial charge in [-0.05, 0) is 86.9 Å². The minimum absolute atomic E-state index is 0.000331. The van der Waals surface area contributed by atoms with Crippen LogP contribution in [0.1, 0.15) is 29.6 Å². The van der Waals surface area contributed by atoms with Crippen LogP contribution in [0.15, 0.2) is 96.1 Å². The number of carbonyl (C=O) groups excluding carboxylic acids is 1. The van der Waals surface area contributed by atoms with E-state index in [0.717, 1.165) is 50.5 Å². The van der Waals surface area contributed by atoms with Gasteiger partial charge in [0.15, 0.2) is 23.1 Å². The fourth-order valence-corrected chi connectivity index (χ4v) is 6.25. The number of rotatable bonds is 11. The van der Waals surface area contributed by atoms with Crippen LogP contribution in [0.4, 0.5) is 18.9 Å². The number of amides is 1. The lowest BCUT2D eigenvalue weighted by Crippen LogP contribution is -2.24. The van der Waals surface area contributed by atoms with Crippen LogP contribution in [-0.2, 0) is 0 Å². The lowest BCUT2D eigenvalue weighted by atomic mass is 10.1. The summed E-state index contributed by atoms with van der Waals surface area (Å²) in [6.07, 6.45) is 6.03. The Bertz CT molecular complexity index is 2320. The molecule has 0 bridgehead atoms. The first kappa shape index (κ1) is 33.6. The van der Waals surface area contributed by atoms with E-state index >= 15 is 4.39 Å². The summed E-state index contributed by atoms with van der Waals surface area (Å²) in [6, 6.07) is 18.0. The number of hydrogen-bond acceptors (Lipinski definition) is 7. The quantitative estimate of drug-likeness (QED) is 0.138. The highest BCUT2D eigenvalue weighted by Gasteiger charge is 2.20. The molecule has 1 aliphatic rings. The predicted octanol–water partition coefficient (Wildman–Crippen LogP) is 7.87. The van der Waals surface area contributed by atoms with Crippen molar-refractivity contribution in [2.45, 2.75) is 19.3 Å². The first-order valence-corrected chi connectivity index (χ1v) is 16.5. The van der Waals surface area contributed by atoms with Crippen molar-refractivity contribution in [1.82, 2.24) is 14.5 Å². The normalized spacial score (nSPS) is 13.1. The molecule has 6 aromatic rings. The molecule has 3 heterocycles. The van der Waals surface area contributed by atoms with Crippen LogP contribution in [0, 0.1) is 17.5 Å². The summed E-state index contributed by atoms with van der Waals surface area (Å²) >= 11 is 0. The van der Waals surface area contributed by atoms with Gasteiger partial charge >= 0.3 is 0 Å². The number of nitrogens with zero attached hydrogens (tertiary/aromatic N) is 3. The molecule has 1 N–H and O–H groups in total. The molecular formula is C39H33F3N4O5. The minimum atomic E-state index is -0.870. The van der Waals surface area contributed by atoms with E-state index in [-0.39, 0.29) is 33.6 Å². The molecule has 4 aromatic carbocycles. The van der Waals surface area contributed by atoms with Crippen LogP contribution in [0.3, 0.4) is 0 Å². The number of fused-ring (bicyclic) bond motifs is 2. The Labute approximate surface area is 290 Å². The maximum Gasteiger partial charge on any atom is 0.261 e. The fraction of sp³-hybridized carbons (Fsp3) is 0.205. The number of methoxy groups -OCH3 is 1. The van der Waals surface area contributed by atoms with E-state index in [1.54, 1.807) is 30.5 Å². The summed E-state index contributed by atoms with van der Waals surface area (Å²) in [5.74, 6) is -1.74. The topological polar surface area (TPSA) is 94.9 Å². The standard InChI is InChI=1S/C39H33F3N4O5/c1-49-36-21-27-31(22-37(36)50-18-6-17-45-15-4-5-16-45)43-14-13-34(27)51-35-12-10-25(20-30(35)42)44-39(48)28-23-46(32-8-3-2-7-29(32)41)33-19-24(40)9-11-26(33)38(28)47/h2-3,7-14,19-23H,4-6,15-18H2,1H3,(H,44,48). The third-order valence-corrected chi connectivity index (χ3v) is 8.79. The number of anilines is 1. The molecule has 7 rings (SSSR count). The average molecular weight is 695 g/mol. The van der Waals surface area contributed by atoms with E-state index in [0.29, 0.717) is 34.8 Å². The number of pyridine rings is 2. The van der Waals surface area contributed by atoms with Crippen molar-refractivity contribution in [3.63, 3.8) is 0 Å². The second kappa shape index (κ2) is 14.5. The molecule has 9 nitrogen and oxygen atoms in total. The van der Waals surface area contributed by atoms with Crippen LogP contribution in [-0.4, -0.2) is 53.7 Å². The zero-order chi connectivity index (χ0) is 35.5. The van der Waals surface area contributed by atoms with Crippen LogP contribution < -0.4 is 25.0 Å². The molecule has 0 atom stereocenters. The number of aromatic nitrogens is 2. The number of ether oxygens (including phenoxy) is 3. The molecule has 1 aliphatic heterocycles. The number of nitrogens with one attached hydrogen (secondary N) is 1. The lowest BCUT2D eigenvalue weighted by molar-refractivity contribution is 0.102. The molecular weight excluding hydrogens is 661 g/mol. The van der Waals surface area contributed by atoms with Gasteiger partial charge in [0, 0.05) is 47.5 Å². The molecule has 260 valence electrons. The van der Waals surface area contributed by atoms with Gasteiger partial charge in [0.1, 0.15) is 22.9 Å². The summed E-state index contributed by atoms with van der Waals surface area (Å²) in [6.45, 7) is 3.74. The summed E-state index contributed by atoms with van der Waals surface area (Å²) in [5, 5.41) is 3.10. The van der Waals surface area contributed by atoms with Crippen LogP contribution >= 0.6 is 0 Å². The van der Waals surface area contributed by atoms with Crippen LogP contribution in [0.2, 0.25) is 0 Å². The molecule has 1 fully saturated rings. The zero-order valence-corrected chi connectivity index (χ0v) is 27.6. The highest BCUT2D eigenvalue weighted by molar-refractivity contribution is 6.06. The van der Waals surface area contributed by atoms with Gasteiger partial charge in [-0.1, -0.05) is 12.1 Å². The fourth-order valence-electron chi connectivity index (χ4n) is 6.25. The van der Waals surface area contributed by atoms with Crippen LogP contribution in [0.25, 0.3) is 27.5 Å². The number of likely N-dealkylation sites (tertiary alicyclic amines) is 1. The van der Waals surface area contributed by atoms with Gasteiger partial charge in [-0.2, -0.15) is 0 Å². The van der Waals surface area contributed by atoms with Crippen molar-refractivity contribution >= 4 is 33.4 Å². The van der Waals surface area contributed by atoms with Gasteiger partial charge < -0.3 is 29.0 Å². The maximum atomic E-state index is 15.5. The monoisotopic (exact) mass is 694 g/mol. The van der Waals surface area contributed by atoms with Crippen molar-refractivity contribution in [2.24, 2.45) is 0 Å². The molecule has 0 aliphatic carbocycles. The van der Waals surface area contributed by atoms with Gasteiger partial charge in [-0.15, -0.1) is 0 Å².